The zero-order chi connectivity index (χ0) is 14.7. The average Bonchev–Trinajstić information content (AvgIpc) is 2.90. The van der Waals surface area contributed by atoms with E-state index in [2.05, 4.69) is 15.7 Å². The number of aromatic nitrogens is 2. The van der Waals surface area contributed by atoms with Crippen molar-refractivity contribution in [2.45, 2.75) is 19.8 Å². The molecule has 1 unspecified atom stereocenters. The van der Waals surface area contributed by atoms with Crippen molar-refractivity contribution in [1.82, 2.24) is 15.1 Å². The maximum Gasteiger partial charge on any atom is 0.229 e. The van der Waals surface area contributed by atoms with Crippen LogP contribution in [0.2, 0.25) is 0 Å². The fraction of sp³-hybridized carbons (Fsp3) is 0.375. The molecule has 2 aromatic rings. The Morgan fingerprint density at radius 3 is 2.90 bits per heavy atom. The van der Waals surface area contributed by atoms with Crippen molar-refractivity contribution in [2.75, 3.05) is 18.4 Å². The van der Waals surface area contributed by atoms with Gasteiger partial charge in [-0.1, -0.05) is 18.2 Å². The van der Waals surface area contributed by atoms with Gasteiger partial charge in [-0.15, -0.1) is 0 Å². The lowest BCUT2D eigenvalue weighted by Gasteiger charge is -2.22. The van der Waals surface area contributed by atoms with Gasteiger partial charge in [0.15, 0.2) is 0 Å². The zero-order valence-electron chi connectivity index (χ0n) is 12.2. The van der Waals surface area contributed by atoms with Crippen LogP contribution in [-0.2, 0) is 4.79 Å². The monoisotopic (exact) mass is 284 g/mol. The second kappa shape index (κ2) is 6.10. The van der Waals surface area contributed by atoms with Crippen LogP contribution in [0.3, 0.4) is 0 Å². The van der Waals surface area contributed by atoms with Crippen molar-refractivity contribution >= 4 is 11.7 Å². The Balaban J connectivity index is 1.82. The summed E-state index contributed by atoms with van der Waals surface area (Å²) in [6.07, 6.45) is 3.77. The van der Waals surface area contributed by atoms with Crippen molar-refractivity contribution < 1.29 is 4.79 Å². The topological polar surface area (TPSA) is 59.0 Å². The number of nitrogens with one attached hydrogen (secondary N) is 2. The Kier molecular flexibility index (Phi) is 4.01. The van der Waals surface area contributed by atoms with Crippen LogP contribution in [-0.4, -0.2) is 28.8 Å². The van der Waals surface area contributed by atoms with Gasteiger partial charge in [-0.05, 0) is 38.4 Å². The average molecular weight is 284 g/mol. The van der Waals surface area contributed by atoms with Crippen LogP contribution in [0.15, 0.2) is 36.5 Å². The number of hydrogen-bond donors (Lipinski definition) is 2. The highest BCUT2D eigenvalue weighted by molar-refractivity contribution is 5.92. The number of carbonyl (C=O) groups excluding carboxylic acids is 1. The number of rotatable bonds is 3. The highest BCUT2D eigenvalue weighted by atomic mass is 16.2. The molecular formula is C16H20N4O. The molecule has 1 atom stereocenters. The normalized spacial score (nSPS) is 18.4. The molecule has 1 saturated heterocycles. The number of amides is 1. The summed E-state index contributed by atoms with van der Waals surface area (Å²) < 4.78 is 1.78. The third-order valence-corrected chi connectivity index (χ3v) is 3.86. The van der Waals surface area contributed by atoms with Crippen LogP contribution in [0.25, 0.3) is 5.69 Å². The molecule has 1 aliphatic heterocycles. The molecule has 110 valence electrons. The van der Waals surface area contributed by atoms with Gasteiger partial charge in [0.1, 0.15) is 5.82 Å². The third kappa shape index (κ3) is 2.97. The van der Waals surface area contributed by atoms with E-state index in [1.165, 1.54) is 0 Å². The highest BCUT2D eigenvalue weighted by Gasteiger charge is 2.22. The molecule has 3 rings (SSSR count). The molecule has 1 amide bonds. The van der Waals surface area contributed by atoms with Crippen molar-refractivity contribution in [3.8, 4) is 5.69 Å². The van der Waals surface area contributed by atoms with E-state index in [4.69, 9.17) is 0 Å². The summed E-state index contributed by atoms with van der Waals surface area (Å²) in [5.41, 5.74) is 1.92. The first-order chi connectivity index (χ1) is 10.3. The number of carbonyl (C=O) groups is 1. The van der Waals surface area contributed by atoms with Crippen LogP contribution in [0.1, 0.15) is 18.4 Å². The van der Waals surface area contributed by atoms with Crippen molar-refractivity contribution in [3.05, 3.63) is 42.1 Å². The molecule has 1 aliphatic rings. The molecule has 0 radical (unpaired) electrons. The number of para-hydroxylation sites is 1. The van der Waals surface area contributed by atoms with Crippen molar-refractivity contribution in [2.24, 2.45) is 5.92 Å². The predicted octanol–water partition coefficient (Wildman–Crippen LogP) is 2.12. The van der Waals surface area contributed by atoms with Gasteiger partial charge in [0.05, 0.1) is 17.8 Å². The fourth-order valence-corrected chi connectivity index (χ4v) is 2.64. The van der Waals surface area contributed by atoms with E-state index in [1.54, 1.807) is 10.9 Å². The van der Waals surface area contributed by atoms with E-state index in [9.17, 15) is 4.79 Å². The Bertz CT molecular complexity index is 614. The molecular weight excluding hydrogens is 264 g/mol. The summed E-state index contributed by atoms with van der Waals surface area (Å²) in [5.74, 6) is 0.872. The van der Waals surface area contributed by atoms with Crippen LogP contribution in [0, 0.1) is 12.8 Å². The summed E-state index contributed by atoms with van der Waals surface area (Å²) in [5, 5.41) is 10.7. The lowest BCUT2D eigenvalue weighted by atomic mass is 9.99. The highest BCUT2D eigenvalue weighted by Crippen LogP contribution is 2.21. The first kappa shape index (κ1) is 13.8. The van der Waals surface area contributed by atoms with E-state index >= 15 is 0 Å². The van der Waals surface area contributed by atoms with Gasteiger partial charge in [-0.3, -0.25) is 4.79 Å². The quantitative estimate of drug-likeness (QED) is 0.907. The first-order valence-corrected chi connectivity index (χ1v) is 7.37. The van der Waals surface area contributed by atoms with Gasteiger partial charge in [-0.25, -0.2) is 4.68 Å². The van der Waals surface area contributed by atoms with E-state index in [-0.39, 0.29) is 11.8 Å². The van der Waals surface area contributed by atoms with Gasteiger partial charge in [-0.2, -0.15) is 5.10 Å². The van der Waals surface area contributed by atoms with Crippen LogP contribution in [0.5, 0.6) is 0 Å². The summed E-state index contributed by atoms with van der Waals surface area (Å²) in [6, 6.07) is 9.84. The molecule has 0 bridgehead atoms. The molecule has 0 aliphatic carbocycles. The van der Waals surface area contributed by atoms with Gasteiger partial charge in [0.2, 0.25) is 5.91 Å². The molecule has 1 aromatic carbocycles. The maximum atomic E-state index is 12.4. The van der Waals surface area contributed by atoms with E-state index in [0.29, 0.717) is 0 Å². The second-order valence-corrected chi connectivity index (χ2v) is 5.46. The Labute approximate surface area is 124 Å². The molecule has 1 fully saturated rings. The van der Waals surface area contributed by atoms with Gasteiger partial charge < -0.3 is 10.6 Å². The smallest absolute Gasteiger partial charge is 0.229 e. The van der Waals surface area contributed by atoms with Crippen LogP contribution in [0.4, 0.5) is 5.82 Å². The standard InChI is InChI=1S/C16H20N4O/c1-12-10-18-20(14-7-3-2-4-8-14)15(12)19-16(21)13-6-5-9-17-11-13/h2-4,7-8,10,13,17H,5-6,9,11H2,1H3,(H,19,21). The van der Waals surface area contributed by atoms with E-state index in [0.717, 1.165) is 43.0 Å². The minimum absolute atomic E-state index is 0.0391. The largest absolute Gasteiger partial charge is 0.316 e. The zero-order valence-corrected chi connectivity index (χ0v) is 12.2. The van der Waals surface area contributed by atoms with E-state index < -0.39 is 0 Å². The Morgan fingerprint density at radius 2 is 2.19 bits per heavy atom. The van der Waals surface area contributed by atoms with Crippen LogP contribution >= 0.6 is 0 Å². The minimum atomic E-state index is 0.0391. The Hall–Kier alpha value is -2.14. The summed E-state index contributed by atoms with van der Waals surface area (Å²) in [4.78, 5) is 12.4. The summed E-state index contributed by atoms with van der Waals surface area (Å²) >= 11 is 0. The number of nitrogens with zero attached hydrogens (tertiary/aromatic N) is 2. The molecule has 2 heterocycles. The van der Waals surface area contributed by atoms with Crippen LogP contribution < -0.4 is 10.6 Å². The van der Waals surface area contributed by atoms with Crippen molar-refractivity contribution in [3.63, 3.8) is 0 Å². The van der Waals surface area contributed by atoms with E-state index in [1.807, 2.05) is 37.3 Å². The fourth-order valence-electron chi connectivity index (χ4n) is 2.64. The predicted molar refractivity (Wildman–Crippen MR) is 82.5 cm³/mol. The molecule has 2 N–H and O–H groups in total. The second-order valence-electron chi connectivity index (χ2n) is 5.46. The molecule has 1 aromatic heterocycles. The number of benzene rings is 1. The first-order valence-electron chi connectivity index (χ1n) is 7.37. The van der Waals surface area contributed by atoms with Crippen molar-refractivity contribution in [1.29, 1.82) is 0 Å². The van der Waals surface area contributed by atoms with Gasteiger partial charge in [0.25, 0.3) is 0 Å². The summed E-state index contributed by atoms with van der Waals surface area (Å²) in [7, 11) is 0. The third-order valence-electron chi connectivity index (χ3n) is 3.86. The maximum absolute atomic E-state index is 12.4. The minimum Gasteiger partial charge on any atom is -0.316 e. The number of piperidine rings is 1. The number of anilines is 1. The number of aryl methyl sites for hydroxylation is 1. The lowest BCUT2D eigenvalue weighted by Crippen LogP contribution is -2.37. The Morgan fingerprint density at radius 1 is 1.38 bits per heavy atom. The number of hydrogen-bond acceptors (Lipinski definition) is 3. The summed E-state index contributed by atoms with van der Waals surface area (Å²) in [6.45, 7) is 3.72. The SMILES string of the molecule is Cc1cnn(-c2ccccc2)c1NC(=O)C1CCCNC1. The molecule has 0 spiro atoms. The van der Waals surface area contributed by atoms with Gasteiger partial charge in [0, 0.05) is 12.1 Å². The molecule has 0 saturated carbocycles. The lowest BCUT2D eigenvalue weighted by molar-refractivity contribution is -0.120. The molecule has 5 nitrogen and oxygen atoms in total. The molecule has 5 heteroatoms. The van der Waals surface area contributed by atoms with Gasteiger partial charge >= 0.3 is 0 Å². The molecule has 21 heavy (non-hydrogen) atoms.